The van der Waals surface area contributed by atoms with Gasteiger partial charge in [0.15, 0.2) is 0 Å². The van der Waals surface area contributed by atoms with Gasteiger partial charge in [0, 0.05) is 6.20 Å². The molecule has 2 aromatic heterocycles. The van der Waals surface area contributed by atoms with Crippen LogP contribution in [0.3, 0.4) is 0 Å². The molecule has 0 saturated heterocycles. The minimum Gasteiger partial charge on any atom is -0.365 e. The lowest BCUT2D eigenvalue weighted by atomic mass is 10.0. The smallest absolute Gasteiger partial charge is 0.331 e. The van der Waals surface area contributed by atoms with Crippen molar-refractivity contribution in [1.29, 1.82) is 0 Å². The number of nitrogens with two attached hydrogens (primary N) is 1. The summed E-state index contributed by atoms with van der Waals surface area (Å²) in [4.78, 5) is 31.7. The van der Waals surface area contributed by atoms with E-state index in [-0.39, 0.29) is 6.03 Å². The SMILES string of the molecule is NC(=O)c1sc2nccc3c2c1NC(=O)N3c1cccc(-c2ccccc2)c1. The second-order valence-electron chi connectivity index (χ2n) is 6.36. The molecule has 0 unspecified atom stereocenters. The third-order valence-corrected chi connectivity index (χ3v) is 5.79. The number of benzene rings is 2. The minimum atomic E-state index is -0.580. The molecule has 4 aromatic rings. The molecule has 2 aromatic carbocycles. The Morgan fingerprint density at radius 3 is 2.61 bits per heavy atom. The quantitative estimate of drug-likeness (QED) is 0.533. The number of nitrogens with zero attached hydrogens (tertiary/aromatic N) is 2. The van der Waals surface area contributed by atoms with Crippen molar-refractivity contribution in [2.75, 3.05) is 10.2 Å². The maximum atomic E-state index is 13.0. The van der Waals surface area contributed by atoms with Crippen molar-refractivity contribution in [2.45, 2.75) is 0 Å². The van der Waals surface area contributed by atoms with Crippen LogP contribution in [0.25, 0.3) is 21.3 Å². The molecule has 0 saturated carbocycles. The van der Waals surface area contributed by atoms with Gasteiger partial charge in [-0.05, 0) is 29.3 Å². The lowest BCUT2D eigenvalue weighted by Gasteiger charge is -2.28. The number of carbonyl (C=O) groups excluding carboxylic acids is 2. The van der Waals surface area contributed by atoms with Crippen LogP contribution in [0.1, 0.15) is 9.67 Å². The maximum absolute atomic E-state index is 13.0. The Hall–Kier alpha value is -3.71. The first-order valence-corrected chi connectivity index (χ1v) is 9.43. The van der Waals surface area contributed by atoms with E-state index in [0.29, 0.717) is 21.1 Å². The highest BCUT2D eigenvalue weighted by molar-refractivity contribution is 7.21. The molecule has 136 valence electrons. The third-order valence-electron chi connectivity index (χ3n) is 4.68. The summed E-state index contributed by atoms with van der Waals surface area (Å²) in [5.74, 6) is -0.580. The van der Waals surface area contributed by atoms with Crippen LogP contribution in [0.2, 0.25) is 0 Å². The number of hydrogen-bond acceptors (Lipinski definition) is 4. The molecule has 3 heterocycles. The van der Waals surface area contributed by atoms with Gasteiger partial charge < -0.3 is 11.1 Å². The van der Waals surface area contributed by atoms with E-state index in [1.54, 1.807) is 17.2 Å². The van der Waals surface area contributed by atoms with Crippen LogP contribution in [-0.2, 0) is 0 Å². The first-order chi connectivity index (χ1) is 13.6. The van der Waals surface area contributed by atoms with E-state index >= 15 is 0 Å². The molecule has 1 aliphatic rings. The summed E-state index contributed by atoms with van der Waals surface area (Å²) < 4.78 is 0. The molecule has 0 radical (unpaired) electrons. The highest BCUT2D eigenvalue weighted by Gasteiger charge is 2.32. The summed E-state index contributed by atoms with van der Waals surface area (Å²) in [6.07, 6.45) is 1.63. The number of rotatable bonds is 3. The predicted molar refractivity (Wildman–Crippen MR) is 111 cm³/mol. The summed E-state index contributed by atoms with van der Waals surface area (Å²) in [6, 6.07) is 19.2. The second-order valence-corrected chi connectivity index (χ2v) is 7.36. The third kappa shape index (κ3) is 2.44. The summed E-state index contributed by atoms with van der Waals surface area (Å²) in [5.41, 5.74) is 9.40. The van der Waals surface area contributed by atoms with E-state index in [1.165, 1.54) is 11.3 Å². The van der Waals surface area contributed by atoms with Gasteiger partial charge in [0.25, 0.3) is 5.91 Å². The molecule has 0 bridgehead atoms. The minimum absolute atomic E-state index is 0.306. The van der Waals surface area contributed by atoms with Crippen LogP contribution in [0.5, 0.6) is 0 Å². The van der Waals surface area contributed by atoms with Crippen molar-refractivity contribution in [3.05, 3.63) is 71.7 Å². The summed E-state index contributed by atoms with van der Waals surface area (Å²) in [5, 5.41) is 3.55. The summed E-state index contributed by atoms with van der Waals surface area (Å²) in [7, 11) is 0. The van der Waals surface area contributed by atoms with Gasteiger partial charge in [-0.1, -0.05) is 42.5 Å². The number of carbonyl (C=O) groups is 2. The van der Waals surface area contributed by atoms with Crippen LogP contribution in [0, 0.1) is 0 Å². The molecule has 3 N–H and O–H groups in total. The largest absolute Gasteiger partial charge is 0.365 e. The monoisotopic (exact) mass is 386 g/mol. The van der Waals surface area contributed by atoms with Crippen LogP contribution in [-0.4, -0.2) is 16.9 Å². The van der Waals surface area contributed by atoms with Crippen LogP contribution in [0.15, 0.2) is 66.9 Å². The molecule has 7 heteroatoms. The number of thiophene rings is 1. The van der Waals surface area contributed by atoms with Gasteiger partial charge in [0.1, 0.15) is 9.71 Å². The van der Waals surface area contributed by atoms with Gasteiger partial charge >= 0.3 is 6.03 Å². The first-order valence-electron chi connectivity index (χ1n) is 8.61. The molecule has 0 aliphatic carbocycles. The lowest BCUT2D eigenvalue weighted by Crippen LogP contribution is -2.34. The highest BCUT2D eigenvalue weighted by atomic mass is 32.1. The van der Waals surface area contributed by atoms with E-state index in [1.807, 2.05) is 54.6 Å². The fourth-order valence-corrected chi connectivity index (χ4v) is 4.44. The zero-order valence-electron chi connectivity index (χ0n) is 14.5. The molecule has 28 heavy (non-hydrogen) atoms. The number of anilines is 3. The van der Waals surface area contributed by atoms with Crippen molar-refractivity contribution in [2.24, 2.45) is 5.73 Å². The highest BCUT2D eigenvalue weighted by Crippen LogP contribution is 2.45. The van der Waals surface area contributed by atoms with E-state index in [4.69, 9.17) is 5.73 Å². The Labute approximate surface area is 164 Å². The van der Waals surface area contributed by atoms with Gasteiger partial charge in [0.05, 0.1) is 22.4 Å². The molecule has 5 rings (SSSR count). The topological polar surface area (TPSA) is 88.3 Å². The number of urea groups is 1. The van der Waals surface area contributed by atoms with Crippen molar-refractivity contribution >= 4 is 50.6 Å². The van der Waals surface area contributed by atoms with Gasteiger partial charge in [-0.15, -0.1) is 11.3 Å². The molecular weight excluding hydrogens is 372 g/mol. The Morgan fingerprint density at radius 2 is 1.82 bits per heavy atom. The fourth-order valence-electron chi connectivity index (χ4n) is 3.47. The number of aromatic nitrogens is 1. The van der Waals surface area contributed by atoms with E-state index in [0.717, 1.165) is 22.2 Å². The Kier molecular flexibility index (Phi) is 3.63. The number of hydrogen-bond donors (Lipinski definition) is 2. The van der Waals surface area contributed by atoms with Crippen molar-refractivity contribution < 1.29 is 9.59 Å². The number of nitrogens with one attached hydrogen (secondary N) is 1. The Balaban J connectivity index is 1.70. The summed E-state index contributed by atoms with van der Waals surface area (Å²) in [6.45, 7) is 0. The Morgan fingerprint density at radius 1 is 1.04 bits per heavy atom. The molecule has 0 atom stereocenters. The van der Waals surface area contributed by atoms with Crippen molar-refractivity contribution in [3.8, 4) is 11.1 Å². The average Bonchev–Trinajstić information content (AvgIpc) is 3.09. The van der Waals surface area contributed by atoms with Crippen molar-refractivity contribution in [1.82, 2.24) is 4.98 Å². The van der Waals surface area contributed by atoms with Gasteiger partial charge in [-0.3, -0.25) is 9.69 Å². The zero-order chi connectivity index (χ0) is 19.3. The predicted octanol–water partition coefficient (Wildman–Crippen LogP) is 4.75. The van der Waals surface area contributed by atoms with Gasteiger partial charge in [-0.25, -0.2) is 9.78 Å². The van der Waals surface area contributed by atoms with Crippen molar-refractivity contribution in [3.63, 3.8) is 0 Å². The standard InChI is InChI=1S/C21H14N4O2S/c22-19(26)18-17-16-15(9-10-23-20(16)28-18)25(21(27)24-17)14-8-4-7-13(11-14)12-5-2-1-3-6-12/h1-11H,(H2,22,26)(H,24,27). The molecule has 0 spiro atoms. The van der Waals surface area contributed by atoms with E-state index in [2.05, 4.69) is 10.3 Å². The molecule has 0 fully saturated rings. The number of amides is 3. The molecular formula is C21H14N4O2S. The molecule has 1 aliphatic heterocycles. The molecule has 6 nitrogen and oxygen atoms in total. The lowest BCUT2D eigenvalue weighted by molar-refractivity contribution is 0.100. The Bertz CT molecular complexity index is 1250. The first kappa shape index (κ1) is 16.5. The average molecular weight is 386 g/mol. The number of pyridine rings is 1. The zero-order valence-corrected chi connectivity index (χ0v) is 15.4. The normalized spacial score (nSPS) is 12.9. The number of primary amides is 1. The fraction of sp³-hybridized carbons (Fsp3) is 0. The van der Waals surface area contributed by atoms with Gasteiger partial charge in [-0.2, -0.15) is 0 Å². The molecule has 3 amide bonds. The van der Waals surface area contributed by atoms with Crippen LogP contribution < -0.4 is 16.0 Å². The van der Waals surface area contributed by atoms with Crippen LogP contribution >= 0.6 is 11.3 Å². The van der Waals surface area contributed by atoms with E-state index in [9.17, 15) is 9.59 Å². The maximum Gasteiger partial charge on any atom is 0.331 e. The van der Waals surface area contributed by atoms with Gasteiger partial charge in [0.2, 0.25) is 0 Å². The summed E-state index contributed by atoms with van der Waals surface area (Å²) >= 11 is 1.18. The van der Waals surface area contributed by atoms with Crippen LogP contribution in [0.4, 0.5) is 21.9 Å². The second kappa shape index (κ2) is 6.17. The van der Waals surface area contributed by atoms with E-state index < -0.39 is 5.91 Å².